The van der Waals surface area contributed by atoms with Crippen LogP contribution in [0.2, 0.25) is 0 Å². The second-order valence-corrected chi connectivity index (χ2v) is 9.58. The highest BCUT2D eigenvalue weighted by Gasteiger charge is 2.36. The lowest BCUT2D eigenvalue weighted by atomic mass is 9.63. The maximum atomic E-state index is 11.5. The number of fused-ring (bicyclic) bond motifs is 2. The van der Waals surface area contributed by atoms with Crippen LogP contribution in [0.15, 0.2) is 54.6 Å². The molecule has 0 saturated heterocycles. The van der Waals surface area contributed by atoms with Crippen molar-refractivity contribution in [3.05, 3.63) is 65.7 Å². The Labute approximate surface area is 173 Å². The van der Waals surface area contributed by atoms with Gasteiger partial charge in [0, 0.05) is 6.42 Å². The van der Waals surface area contributed by atoms with Crippen molar-refractivity contribution < 1.29 is 9.53 Å². The van der Waals surface area contributed by atoms with Gasteiger partial charge in [-0.3, -0.25) is 4.79 Å². The Morgan fingerprint density at radius 1 is 0.793 bits per heavy atom. The first kappa shape index (κ1) is 19.7. The highest BCUT2D eigenvalue weighted by atomic mass is 16.5. The Kier molecular flexibility index (Phi) is 4.77. The summed E-state index contributed by atoms with van der Waals surface area (Å²) in [5, 5.41) is 2.23. The molecule has 150 valence electrons. The number of hydrogen-bond donors (Lipinski definition) is 0. The summed E-state index contributed by atoms with van der Waals surface area (Å²) in [6.45, 7) is 11.3. The molecule has 0 aliphatic heterocycles. The third-order valence-corrected chi connectivity index (χ3v) is 6.52. The summed E-state index contributed by atoms with van der Waals surface area (Å²) in [6, 6.07) is 19.3. The summed E-state index contributed by atoms with van der Waals surface area (Å²) in [5.74, 6) is 0.399. The van der Waals surface area contributed by atoms with Gasteiger partial charge in [0.15, 0.2) is 0 Å². The number of hydrogen-bond acceptors (Lipinski definition) is 2. The first-order valence-electron chi connectivity index (χ1n) is 10.6. The van der Waals surface area contributed by atoms with Crippen molar-refractivity contribution >= 4 is 16.7 Å². The molecule has 0 aromatic heterocycles. The summed E-state index contributed by atoms with van der Waals surface area (Å²) >= 11 is 0. The summed E-state index contributed by atoms with van der Waals surface area (Å²) in [7, 11) is 0. The van der Waals surface area contributed by atoms with Gasteiger partial charge in [-0.1, -0.05) is 71.0 Å². The third kappa shape index (κ3) is 3.69. The van der Waals surface area contributed by atoms with Crippen molar-refractivity contribution in [1.29, 1.82) is 0 Å². The summed E-state index contributed by atoms with van der Waals surface area (Å²) in [5.41, 5.74) is 5.89. The van der Waals surface area contributed by atoms with Crippen LogP contribution < -0.4 is 4.74 Å². The number of rotatable bonds is 3. The maximum Gasteiger partial charge on any atom is 0.310 e. The molecule has 0 fully saturated rings. The van der Waals surface area contributed by atoms with Crippen molar-refractivity contribution in [2.75, 3.05) is 0 Å². The van der Waals surface area contributed by atoms with Gasteiger partial charge < -0.3 is 4.74 Å². The second kappa shape index (κ2) is 7.02. The Morgan fingerprint density at radius 2 is 1.38 bits per heavy atom. The molecule has 2 heteroatoms. The predicted molar refractivity (Wildman–Crippen MR) is 121 cm³/mol. The third-order valence-electron chi connectivity index (χ3n) is 6.52. The molecule has 4 rings (SSSR count). The minimum Gasteiger partial charge on any atom is -0.427 e. The van der Waals surface area contributed by atoms with Gasteiger partial charge in [0.25, 0.3) is 0 Å². The molecule has 2 nitrogen and oxygen atoms in total. The van der Waals surface area contributed by atoms with Crippen LogP contribution in [0.3, 0.4) is 0 Å². The van der Waals surface area contributed by atoms with Crippen molar-refractivity contribution in [2.24, 2.45) is 0 Å². The van der Waals surface area contributed by atoms with Gasteiger partial charge in [0.1, 0.15) is 5.75 Å². The average molecular weight is 387 g/mol. The molecule has 29 heavy (non-hydrogen) atoms. The Balaban J connectivity index is 1.73. The molecule has 0 amide bonds. The molecular formula is C27H30O2. The molecule has 0 unspecified atom stereocenters. The predicted octanol–water partition coefficient (Wildman–Crippen LogP) is 7.17. The number of esters is 1. The monoisotopic (exact) mass is 386 g/mol. The maximum absolute atomic E-state index is 11.5. The Bertz CT molecular complexity index is 1090. The van der Waals surface area contributed by atoms with Gasteiger partial charge in [-0.25, -0.2) is 0 Å². The van der Waals surface area contributed by atoms with Crippen molar-refractivity contribution in [3.8, 4) is 16.9 Å². The van der Waals surface area contributed by atoms with Gasteiger partial charge in [0.2, 0.25) is 0 Å². The topological polar surface area (TPSA) is 26.3 Å². The van der Waals surface area contributed by atoms with Crippen LogP contribution in [0.1, 0.15) is 65.0 Å². The standard InChI is InChI=1S/C27H30O2/c1-6-25(28)29-22-11-9-19-15-18(7-8-20(19)16-22)21-10-12-23-24(17-21)27(4,5)14-13-26(23,2)3/h7-12,15-17H,6,13-14H2,1-5H3. The van der Waals surface area contributed by atoms with Crippen molar-refractivity contribution in [3.63, 3.8) is 0 Å². The molecule has 0 bridgehead atoms. The Hall–Kier alpha value is -2.61. The fraction of sp³-hybridized carbons (Fsp3) is 0.370. The van der Waals surface area contributed by atoms with Crippen LogP contribution in [0, 0.1) is 0 Å². The van der Waals surface area contributed by atoms with E-state index < -0.39 is 0 Å². The zero-order valence-corrected chi connectivity index (χ0v) is 18.1. The van der Waals surface area contributed by atoms with E-state index in [9.17, 15) is 4.79 Å². The zero-order chi connectivity index (χ0) is 20.8. The van der Waals surface area contributed by atoms with Gasteiger partial charge in [-0.15, -0.1) is 0 Å². The van der Waals surface area contributed by atoms with Crippen LogP contribution >= 0.6 is 0 Å². The molecule has 0 radical (unpaired) electrons. The molecule has 1 aliphatic carbocycles. The molecule has 0 N–H and O–H groups in total. The van der Waals surface area contributed by atoms with E-state index in [-0.39, 0.29) is 16.8 Å². The fourth-order valence-corrected chi connectivity index (χ4v) is 4.44. The minimum atomic E-state index is -0.208. The molecule has 0 spiro atoms. The molecule has 3 aromatic carbocycles. The van der Waals surface area contributed by atoms with E-state index in [1.54, 1.807) is 6.92 Å². The van der Waals surface area contributed by atoms with E-state index >= 15 is 0 Å². The highest BCUT2D eigenvalue weighted by molar-refractivity contribution is 5.89. The number of ether oxygens (including phenoxy) is 1. The minimum absolute atomic E-state index is 0.204. The largest absolute Gasteiger partial charge is 0.427 e. The highest BCUT2D eigenvalue weighted by Crippen LogP contribution is 2.46. The smallest absolute Gasteiger partial charge is 0.310 e. The zero-order valence-electron chi connectivity index (χ0n) is 18.1. The van der Waals surface area contributed by atoms with Crippen LogP contribution in [-0.4, -0.2) is 5.97 Å². The van der Waals surface area contributed by atoms with Crippen LogP contribution in [0.4, 0.5) is 0 Å². The van der Waals surface area contributed by atoms with E-state index in [4.69, 9.17) is 4.74 Å². The van der Waals surface area contributed by atoms with Gasteiger partial charge in [-0.05, 0) is 74.9 Å². The summed E-state index contributed by atoms with van der Waals surface area (Å²) in [4.78, 5) is 11.5. The first-order valence-corrected chi connectivity index (χ1v) is 10.6. The molecule has 1 aliphatic rings. The lowest BCUT2D eigenvalue weighted by molar-refractivity contribution is -0.134. The molecule has 0 heterocycles. The molecule has 0 saturated carbocycles. The Morgan fingerprint density at radius 3 is 2.10 bits per heavy atom. The first-order chi connectivity index (χ1) is 13.7. The van der Waals surface area contributed by atoms with E-state index in [2.05, 4.69) is 64.1 Å². The average Bonchev–Trinajstić information content (AvgIpc) is 2.71. The number of carbonyl (C=O) groups is 1. The van der Waals surface area contributed by atoms with Gasteiger partial charge in [-0.2, -0.15) is 0 Å². The van der Waals surface area contributed by atoms with Gasteiger partial charge in [0.05, 0.1) is 0 Å². The number of benzene rings is 3. The molecule has 0 atom stereocenters. The van der Waals surface area contributed by atoms with Crippen molar-refractivity contribution in [2.45, 2.75) is 64.7 Å². The summed E-state index contributed by atoms with van der Waals surface area (Å²) < 4.78 is 5.35. The SMILES string of the molecule is CCC(=O)Oc1ccc2cc(-c3ccc4c(c3)C(C)(C)CCC4(C)C)ccc2c1. The normalized spacial score (nSPS) is 17.0. The van der Waals surface area contributed by atoms with E-state index in [0.717, 1.165) is 10.8 Å². The fourth-order valence-electron chi connectivity index (χ4n) is 4.44. The second-order valence-electron chi connectivity index (χ2n) is 9.58. The van der Waals surface area contributed by atoms with E-state index in [1.165, 1.54) is 35.1 Å². The lowest BCUT2D eigenvalue weighted by Gasteiger charge is -2.42. The van der Waals surface area contributed by atoms with Gasteiger partial charge >= 0.3 is 5.97 Å². The van der Waals surface area contributed by atoms with Crippen molar-refractivity contribution in [1.82, 2.24) is 0 Å². The quantitative estimate of drug-likeness (QED) is 0.352. The summed E-state index contributed by atoms with van der Waals surface area (Å²) in [6.07, 6.45) is 2.82. The van der Waals surface area contributed by atoms with Crippen LogP contribution in [-0.2, 0) is 15.6 Å². The lowest BCUT2D eigenvalue weighted by Crippen LogP contribution is -2.33. The molecular weight excluding hydrogens is 356 g/mol. The van der Waals surface area contributed by atoms with Crippen LogP contribution in [0.5, 0.6) is 5.75 Å². The van der Waals surface area contributed by atoms with E-state index in [1.807, 2.05) is 18.2 Å². The number of carbonyl (C=O) groups excluding carboxylic acids is 1. The molecule has 3 aromatic rings. The van der Waals surface area contributed by atoms with Crippen LogP contribution in [0.25, 0.3) is 21.9 Å². The van der Waals surface area contributed by atoms with E-state index in [0.29, 0.717) is 12.2 Å².